The van der Waals surface area contributed by atoms with Gasteiger partial charge in [-0.05, 0) is 30.9 Å². The molecule has 0 aliphatic rings. The number of halogens is 1. The fraction of sp³-hybridized carbons (Fsp3) is 0.688. The predicted molar refractivity (Wildman–Crippen MR) is 80.3 cm³/mol. The second kappa shape index (κ2) is 8.90. The normalized spacial score (nSPS) is 12.7. The minimum Gasteiger partial charge on any atom is -0.477 e. The maximum atomic E-state index is 13.3. The lowest BCUT2D eigenvalue weighted by atomic mass is 10.1. The molecular weight excluding hydrogens is 255 g/mol. The molecule has 0 saturated carbocycles. The van der Waals surface area contributed by atoms with Crippen molar-refractivity contribution in [2.24, 2.45) is 11.8 Å². The van der Waals surface area contributed by atoms with Crippen LogP contribution in [0.2, 0.25) is 0 Å². The summed E-state index contributed by atoms with van der Waals surface area (Å²) in [6.07, 6.45) is 3.48. The summed E-state index contributed by atoms with van der Waals surface area (Å²) in [6.45, 7) is 10.7. The third kappa shape index (κ3) is 6.33. The molecule has 0 fully saturated rings. The maximum Gasteiger partial charge on any atom is 0.218 e. The first-order chi connectivity index (χ1) is 9.52. The van der Waals surface area contributed by atoms with Crippen molar-refractivity contribution in [3.63, 3.8) is 0 Å². The number of hydrogen-bond acceptors (Lipinski definition) is 3. The summed E-state index contributed by atoms with van der Waals surface area (Å²) in [4.78, 5) is 4.07. The van der Waals surface area contributed by atoms with Gasteiger partial charge in [0.25, 0.3) is 0 Å². The molecule has 20 heavy (non-hydrogen) atoms. The van der Waals surface area contributed by atoms with Gasteiger partial charge in [0.15, 0.2) is 0 Å². The lowest BCUT2D eigenvalue weighted by Crippen LogP contribution is -2.20. The van der Waals surface area contributed by atoms with Crippen LogP contribution in [0, 0.1) is 17.7 Å². The van der Waals surface area contributed by atoms with Crippen LogP contribution in [-0.2, 0) is 6.54 Å². The Bertz CT molecular complexity index is 396. The van der Waals surface area contributed by atoms with Crippen molar-refractivity contribution in [1.29, 1.82) is 0 Å². The summed E-state index contributed by atoms with van der Waals surface area (Å²) in [5, 5.41) is 3.29. The molecule has 3 nitrogen and oxygen atoms in total. The van der Waals surface area contributed by atoms with Crippen molar-refractivity contribution in [3.8, 4) is 5.88 Å². The van der Waals surface area contributed by atoms with E-state index in [9.17, 15) is 4.39 Å². The minimum atomic E-state index is -0.319. The van der Waals surface area contributed by atoms with Crippen LogP contribution < -0.4 is 10.1 Å². The summed E-state index contributed by atoms with van der Waals surface area (Å²) in [5.74, 6) is 1.28. The Morgan fingerprint density at radius 2 is 2.10 bits per heavy atom. The molecule has 0 amide bonds. The van der Waals surface area contributed by atoms with Crippen LogP contribution in [0.4, 0.5) is 4.39 Å². The Morgan fingerprint density at radius 1 is 1.35 bits per heavy atom. The van der Waals surface area contributed by atoms with Gasteiger partial charge < -0.3 is 10.1 Å². The second-order valence-corrected chi connectivity index (χ2v) is 5.85. The first-order valence-electron chi connectivity index (χ1n) is 7.50. The molecule has 1 aromatic heterocycles. The molecule has 1 rings (SSSR count). The van der Waals surface area contributed by atoms with Crippen molar-refractivity contribution >= 4 is 0 Å². The standard InChI is InChI=1S/C16H27FN2O/c1-5-6-13(4)11-20-16-14(7-15(17)10-19-16)9-18-8-12(2)3/h7,10,12-13,18H,5-6,8-9,11H2,1-4H3. The highest BCUT2D eigenvalue weighted by atomic mass is 19.1. The number of aromatic nitrogens is 1. The van der Waals surface area contributed by atoms with E-state index >= 15 is 0 Å². The summed E-state index contributed by atoms with van der Waals surface area (Å²) >= 11 is 0. The average Bonchev–Trinajstić information content (AvgIpc) is 2.37. The van der Waals surface area contributed by atoms with E-state index in [0.717, 1.165) is 24.9 Å². The number of nitrogens with zero attached hydrogens (tertiary/aromatic N) is 1. The van der Waals surface area contributed by atoms with E-state index in [0.29, 0.717) is 30.9 Å². The SMILES string of the molecule is CCCC(C)COc1ncc(F)cc1CNCC(C)C. The van der Waals surface area contributed by atoms with E-state index in [1.165, 1.54) is 12.3 Å². The number of hydrogen-bond donors (Lipinski definition) is 1. The topological polar surface area (TPSA) is 34.1 Å². The summed E-state index contributed by atoms with van der Waals surface area (Å²) in [7, 11) is 0. The van der Waals surface area contributed by atoms with E-state index < -0.39 is 0 Å². The predicted octanol–water partition coefficient (Wildman–Crippen LogP) is 3.78. The highest BCUT2D eigenvalue weighted by Gasteiger charge is 2.09. The van der Waals surface area contributed by atoms with Gasteiger partial charge in [-0.25, -0.2) is 9.37 Å². The molecule has 114 valence electrons. The molecule has 4 heteroatoms. The van der Waals surface area contributed by atoms with E-state index in [-0.39, 0.29) is 5.82 Å². The van der Waals surface area contributed by atoms with Crippen LogP contribution in [0.15, 0.2) is 12.3 Å². The van der Waals surface area contributed by atoms with Gasteiger partial charge in [-0.3, -0.25) is 0 Å². The van der Waals surface area contributed by atoms with Gasteiger partial charge in [0.1, 0.15) is 5.82 Å². The van der Waals surface area contributed by atoms with Gasteiger partial charge in [-0.2, -0.15) is 0 Å². The first-order valence-corrected chi connectivity index (χ1v) is 7.50. The zero-order valence-electron chi connectivity index (χ0n) is 13.1. The fourth-order valence-electron chi connectivity index (χ4n) is 2.02. The third-order valence-corrected chi connectivity index (χ3v) is 3.05. The number of nitrogens with one attached hydrogen (secondary N) is 1. The Kier molecular flexibility index (Phi) is 7.52. The van der Waals surface area contributed by atoms with Crippen molar-refractivity contribution < 1.29 is 9.13 Å². The monoisotopic (exact) mass is 282 g/mol. The highest BCUT2D eigenvalue weighted by Crippen LogP contribution is 2.18. The molecule has 1 aromatic rings. The molecule has 0 aliphatic carbocycles. The molecule has 0 aliphatic heterocycles. The molecule has 1 N–H and O–H groups in total. The zero-order chi connectivity index (χ0) is 15.0. The van der Waals surface area contributed by atoms with Crippen LogP contribution in [0.3, 0.4) is 0 Å². The van der Waals surface area contributed by atoms with Crippen LogP contribution >= 0.6 is 0 Å². The molecule has 1 unspecified atom stereocenters. The van der Waals surface area contributed by atoms with E-state index in [4.69, 9.17) is 4.74 Å². The number of rotatable bonds is 9. The summed E-state index contributed by atoms with van der Waals surface area (Å²) < 4.78 is 19.1. The van der Waals surface area contributed by atoms with Crippen molar-refractivity contribution in [1.82, 2.24) is 10.3 Å². The van der Waals surface area contributed by atoms with Crippen molar-refractivity contribution in [2.75, 3.05) is 13.2 Å². The van der Waals surface area contributed by atoms with Gasteiger partial charge in [-0.15, -0.1) is 0 Å². The second-order valence-electron chi connectivity index (χ2n) is 5.85. The largest absolute Gasteiger partial charge is 0.477 e. The molecule has 1 atom stereocenters. The van der Waals surface area contributed by atoms with Crippen LogP contribution in [0.5, 0.6) is 5.88 Å². The quantitative estimate of drug-likeness (QED) is 0.748. The Balaban J connectivity index is 2.59. The number of ether oxygens (including phenoxy) is 1. The Hall–Kier alpha value is -1.16. The highest BCUT2D eigenvalue weighted by molar-refractivity contribution is 5.26. The smallest absolute Gasteiger partial charge is 0.218 e. The third-order valence-electron chi connectivity index (χ3n) is 3.05. The van der Waals surface area contributed by atoms with Gasteiger partial charge in [-0.1, -0.05) is 34.1 Å². The molecule has 0 radical (unpaired) electrons. The van der Waals surface area contributed by atoms with Crippen molar-refractivity contribution in [2.45, 2.75) is 47.1 Å². The summed E-state index contributed by atoms with van der Waals surface area (Å²) in [6, 6.07) is 1.50. The fourth-order valence-corrected chi connectivity index (χ4v) is 2.02. The lowest BCUT2D eigenvalue weighted by molar-refractivity contribution is 0.239. The first kappa shape index (κ1) is 16.9. The van der Waals surface area contributed by atoms with E-state index in [2.05, 4.69) is 38.0 Å². The molecule has 1 heterocycles. The van der Waals surface area contributed by atoms with Crippen LogP contribution in [-0.4, -0.2) is 18.1 Å². The van der Waals surface area contributed by atoms with Crippen LogP contribution in [0.1, 0.15) is 46.1 Å². The Morgan fingerprint density at radius 3 is 2.75 bits per heavy atom. The molecule has 0 spiro atoms. The molecule has 0 saturated heterocycles. The van der Waals surface area contributed by atoms with Crippen LogP contribution in [0.25, 0.3) is 0 Å². The van der Waals surface area contributed by atoms with E-state index in [1.807, 2.05) is 0 Å². The van der Waals surface area contributed by atoms with Gasteiger partial charge in [0.05, 0.1) is 12.8 Å². The zero-order valence-corrected chi connectivity index (χ0v) is 13.1. The maximum absolute atomic E-state index is 13.3. The average molecular weight is 282 g/mol. The van der Waals surface area contributed by atoms with E-state index in [1.54, 1.807) is 0 Å². The van der Waals surface area contributed by atoms with Gasteiger partial charge >= 0.3 is 0 Å². The minimum absolute atomic E-state index is 0.319. The molecule has 0 bridgehead atoms. The summed E-state index contributed by atoms with van der Waals surface area (Å²) in [5.41, 5.74) is 0.786. The molecule has 0 aromatic carbocycles. The Labute approximate surface area is 121 Å². The molecular formula is C16H27FN2O. The van der Waals surface area contributed by atoms with Crippen molar-refractivity contribution in [3.05, 3.63) is 23.6 Å². The number of pyridine rings is 1. The lowest BCUT2D eigenvalue weighted by Gasteiger charge is -2.15. The van der Waals surface area contributed by atoms with Gasteiger partial charge in [0, 0.05) is 12.1 Å². The van der Waals surface area contributed by atoms with Gasteiger partial charge in [0.2, 0.25) is 5.88 Å².